The Kier molecular flexibility index (Phi) is 14.3. The van der Waals surface area contributed by atoms with Crippen molar-refractivity contribution in [3.63, 3.8) is 0 Å². The lowest BCUT2D eigenvalue weighted by Gasteiger charge is -2.15. The summed E-state index contributed by atoms with van der Waals surface area (Å²) < 4.78 is 109. The van der Waals surface area contributed by atoms with Gasteiger partial charge in [0.05, 0.1) is 40.4 Å². The van der Waals surface area contributed by atoms with Gasteiger partial charge >= 0.3 is 11.9 Å². The van der Waals surface area contributed by atoms with Crippen LogP contribution in [0.5, 0.6) is 23.0 Å². The predicted octanol–water partition coefficient (Wildman–Crippen LogP) is 8.98. The summed E-state index contributed by atoms with van der Waals surface area (Å²) in [5.41, 5.74) is -2.21. The van der Waals surface area contributed by atoms with Crippen molar-refractivity contribution in [2.24, 2.45) is 30.7 Å². The fourth-order valence-corrected chi connectivity index (χ4v) is 8.42. The van der Waals surface area contributed by atoms with Gasteiger partial charge in [-0.1, -0.05) is 0 Å². The molecule has 0 spiro atoms. The molecule has 73 heavy (non-hydrogen) atoms. The average Bonchev–Trinajstić information content (AvgIpc) is 3.29. The number of fused-ring (bicyclic) bond motifs is 1. The molecule has 0 bridgehead atoms. The number of rotatable bonds is 16. The molecule has 0 aliphatic heterocycles. The number of methoxy groups -OCH3 is 1. The molecule has 7 aromatic rings. The molecule has 0 aliphatic rings. The second-order valence-electron chi connectivity index (χ2n) is 14.7. The van der Waals surface area contributed by atoms with E-state index in [0.29, 0.717) is 23.5 Å². The Morgan fingerprint density at radius 3 is 1.81 bits per heavy atom. The van der Waals surface area contributed by atoms with Gasteiger partial charge in [-0.3, -0.25) is 13.7 Å². The summed E-state index contributed by atoms with van der Waals surface area (Å²) in [7, 11) is -14.4. The number of aromatic hydroxyl groups is 3. The average molecular weight is 1080 g/mol. The number of carboxylic acids is 2. The first-order valence-electron chi connectivity index (χ1n) is 19.6. The fourth-order valence-electron chi connectivity index (χ4n) is 6.43. The second kappa shape index (κ2) is 20.1. The SMILES string of the molecule is COc1cc(N=Nc2cc(C(=O)O)c(O)c(S(=O)(=O)O)c2)c(C)cc1N=Nc1c(S(=O)(=O)O)cc2cc(S(=O)(=O)O)cc(Nc3nc(Cl)nc(Nc4ccc(N=Nc5ccc(O)c(C(=O)O)c5)cc4)n3)c2c1O. The van der Waals surface area contributed by atoms with Gasteiger partial charge in [0, 0.05) is 17.1 Å². The lowest BCUT2D eigenvalue weighted by molar-refractivity contribution is 0.0682. The molecule has 0 fully saturated rings. The summed E-state index contributed by atoms with van der Waals surface area (Å²) >= 11 is 6.22. The van der Waals surface area contributed by atoms with E-state index < -0.39 is 119 Å². The molecular weight excluding hydrogens is 1050 g/mol. The van der Waals surface area contributed by atoms with E-state index >= 15 is 0 Å². The number of aryl methyl sites for hydroxylation is 1. The van der Waals surface area contributed by atoms with E-state index in [1.807, 2.05) is 0 Å². The Hall–Kier alpha value is -8.85. The largest absolute Gasteiger partial charge is 0.507 e. The molecule has 0 unspecified atom stereocenters. The standard InChI is InChI=1S/C41H30ClN11O17S3/c1-17-9-27(30(70-2)16-26(17)51-50-22-13-25(38(59)60)35(55)32(14-22)73(67,68)69)52-53-34-31(72(64,65)66)11-18-10-23(71(61,62)63)15-28(33(18)36(34)56)44-41-46-39(42)45-40(47-41)43-19-3-5-20(6-4-19)48-49-21-7-8-29(54)24(12-21)37(57)58/h3-16,54-56H,1-2H3,(H,57,58)(H,59,60)(H,61,62,63)(H,64,65,66)(H,67,68,69)(H2,43,44,45,46,47). The van der Waals surface area contributed by atoms with E-state index in [4.69, 9.17) is 16.3 Å². The number of phenolic OH excluding ortho intramolecular Hbond substituents is 1. The molecule has 0 amide bonds. The zero-order chi connectivity index (χ0) is 53.3. The van der Waals surface area contributed by atoms with Gasteiger partial charge in [0.15, 0.2) is 11.5 Å². The number of hydrogen-bond donors (Lipinski definition) is 10. The molecule has 1 heterocycles. The van der Waals surface area contributed by atoms with Crippen molar-refractivity contribution in [1.82, 2.24) is 15.0 Å². The van der Waals surface area contributed by atoms with E-state index in [2.05, 4.69) is 56.3 Å². The van der Waals surface area contributed by atoms with E-state index in [1.165, 1.54) is 56.5 Å². The molecule has 0 radical (unpaired) electrons. The van der Waals surface area contributed by atoms with Crippen LogP contribution in [-0.4, -0.2) is 98.4 Å². The van der Waals surface area contributed by atoms with Crippen molar-refractivity contribution in [2.75, 3.05) is 17.7 Å². The Labute approximate surface area is 414 Å². The monoisotopic (exact) mass is 1080 g/mol. The highest BCUT2D eigenvalue weighted by molar-refractivity contribution is 7.86. The predicted molar refractivity (Wildman–Crippen MR) is 253 cm³/mol. The minimum absolute atomic E-state index is 0.00738. The topological polar surface area (TPSA) is 445 Å². The van der Waals surface area contributed by atoms with Crippen LogP contribution >= 0.6 is 11.6 Å². The molecule has 0 saturated heterocycles. The maximum atomic E-state index is 12.8. The quantitative estimate of drug-likeness (QED) is 0.0318. The maximum Gasteiger partial charge on any atom is 0.339 e. The number of aromatic nitrogens is 3. The van der Waals surface area contributed by atoms with Crippen molar-refractivity contribution in [3.05, 3.63) is 107 Å². The number of carboxylic acid groups (broad SMARTS) is 2. The first kappa shape index (κ1) is 52.0. The lowest BCUT2D eigenvalue weighted by atomic mass is 10.1. The van der Waals surface area contributed by atoms with Crippen LogP contribution in [0.3, 0.4) is 0 Å². The molecule has 10 N–H and O–H groups in total. The Morgan fingerprint density at radius 1 is 0.603 bits per heavy atom. The van der Waals surface area contributed by atoms with Gasteiger partial charge in [-0.2, -0.15) is 60.7 Å². The number of anilines is 4. The summed E-state index contributed by atoms with van der Waals surface area (Å²) in [6.45, 7) is 1.46. The normalized spacial score (nSPS) is 12.2. The van der Waals surface area contributed by atoms with Gasteiger partial charge in [-0.25, -0.2) is 9.59 Å². The minimum Gasteiger partial charge on any atom is -0.507 e. The highest BCUT2D eigenvalue weighted by Crippen LogP contribution is 2.47. The lowest BCUT2D eigenvalue weighted by Crippen LogP contribution is -2.06. The molecule has 7 rings (SSSR count). The molecule has 1 aromatic heterocycles. The van der Waals surface area contributed by atoms with E-state index in [-0.39, 0.29) is 39.9 Å². The van der Waals surface area contributed by atoms with Crippen molar-refractivity contribution >= 4 is 122 Å². The molecular formula is C41H30ClN11O17S3. The van der Waals surface area contributed by atoms with Crippen LogP contribution in [-0.2, 0) is 30.4 Å². The van der Waals surface area contributed by atoms with Crippen LogP contribution in [0.15, 0.2) is 130 Å². The molecule has 32 heteroatoms. The Balaban J connectivity index is 1.23. The van der Waals surface area contributed by atoms with Gasteiger partial charge in [-0.15, -0.1) is 10.2 Å². The first-order chi connectivity index (χ1) is 34.2. The third-order valence-electron chi connectivity index (χ3n) is 9.77. The van der Waals surface area contributed by atoms with Crippen molar-refractivity contribution in [2.45, 2.75) is 21.6 Å². The van der Waals surface area contributed by atoms with Crippen molar-refractivity contribution in [3.8, 4) is 23.0 Å². The first-order valence-corrected chi connectivity index (χ1v) is 24.3. The van der Waals surface area contributed by atoms with Crippen molar-refractivity contribution < 1.29 is 78.8 Å². The number of benzene rings is 6. The minimum atomic E-state index is -5.33. The molecule has 6 aromatic carbocycles. The molecule has 0 aliphatic carbocycles. The third-order valence-corrected chi connectivity index (χ3v) is 12.5. The molecule has 28 nitrogen and oxygen atoms in total. The van der Waals surface area contributed by atoms with E-state index in [9.17, 15) is 74.0 Å². The number of azo groups is 3. The summed E-state index contributed by atoms with van der Waals surface area (Å²) in [6, 6.07) is 15.9. The number of carbonyl (C=O) groups is 2. The van der Waals surface area contributed by atoms with Crippen LogP contribution in [0.1, 0.15) is 26.3 Å². The zero-order valence-electron chi connectivity index (χ0n) is 36.5. The van der Waals surface area contributed by atoms with Crippen LogP contribution in [0.4, 0.5) is 57.4 Å². The number of ether oxygens (including phenoxy) is 1. The highest BCUT2D eigenvalue weighted by atomic mass is 35.5. The van der Waals surface area contributed by atoms with Crippen LogP contribution in [0.2, 0.25) is 5.28 Å². The van der Waals surface area contributed by atoms with Crippen LogP contribution < -0.4 is 15.4 Å². The Bertz CT molecular complexity index is 3900. The molecule has 376 valence electrons. The van der Waals surface area contributed by atoms with Crippen LogP contribution in [0, 0.1) is 6.92 Å². The number of halogens is 1. The van der Waals surface area contributed by atoms with Crippen molar-refractivity contribution in [1.29, 1.82) is 0 Å². The number of aromatic carboxylic acids is 2. The smallest absolute Gasteiger partial charge is 0.339 e. The Morgan fingerprint density at radius 2 is 1.19 bits per heavy atom. The number of nitrogens with zero attached hydrogens (tertiary/aromatic N) is 9. The molecule has 0 saturated carbocycles. The molecule has 0 atom stereocenters. The highest BCUT2D eigenvalue weighted by Gasteiger charge is 2.27. The summed E-state index contributed by atoms with van der Waals surface area (Å²) in [6.07, 6.45) is 0. The summed E-state index contributed by atoms with van der Waals surface area (Å²) in [5.74, 6) is -6.64. The van der Waals surface area contributed by atoms with Gasteiger partial charge in [0.1, 0.15) is 43.8 Å². The van der Waals surface area contributed by atoms with Crippen LogP contribution in [0.25, 0.3) is 10.8 Å². The van der Waals surface area contributed by atoms with E-state index in [0.717, 1.165) is 30.3 Å². The maximum absolute atomic E-state index is 12.8. The summed E-state index contributed by atoms with van der Waals surface area (Å²) in [5, 5.41) is 78.2. The van der Waals surface area contributed by atoms with Gasteiger partial charge in [0.25, 0.3) is 30.4 Å². The fraction of sp³-hybridized carbons (Fsp3) is 0.0488. The number of hydrogen-bond acceptors (Lipinski definition) is 23. The van der Waals surface area contributed by atoms with Gasteiger partial charge in [0.2, 0.25) is 17.2 Å². The van der Waals surface area contributed by atoms with Gasteiger partial charge in [-0.05, 0) is 108 Å². The second-order valence-corrected chi connectivity index (χ2v) is 19.2. The third kappa shape index (κ3) is 11.9. The van der Waals surface area contributed by atoms with E-state index in [1.54, 1.807) is 0 Å². The summed E-state index contributed by atoms with van der Waals surface area (Å²) in [4.78, 5) is 32.1. The zero-order valence-corrected chi connectivity index (χ0v) is 39.7. The number of phenols is 3. The van der Waals surface area contributed by atoms with Gasteiger partial charge < -0.3 is 40.9 Å². The number of nitrogens with one attached hydrogen (secondary N) is 2.